The fourth-order valence-electron chi connectivity index (χ4n) is 4.07. The molecule has 2 fully saturated rings. The highest BCUT2D eigenvalue weighted by Gasteiger charge is 2.50. The van der Waals surface area contributed by atoms with Gasteiger partial charge in [0.1, 0.15) is 0 Å². The average Bonchev–Trinajstić information content (AvgIpc) is 3.13. The molecular weight excluding hydrogens is 377 g/mol. The van der Waals surface area contributed by atoms with Crippen molar-refractivity contribution in [1.29, 1.82) is 0 Å². The van der Waals surface area contributed by atoms with Gasteiger partial charge in [-0.25, -0.2) is 9.59 Å². The summed E-state index contributed by atoms with van der Waals surface area (Å²) in [5.74, 6) is -0.883. The summed E-state index contributed by atoms with van der Waals surface area (Å²) in [5, 5.41) is 20.5. The molecule has 3 N–H and O–H groups in total. The Morgan fingerprint density at radius 1 is 1.23 bits per heavy atom. The lowest BCUT2D eigenvalue weighted by atomic mass is 9.74. The van der Waals surface area contributed by atoms with E-state index in [1.165, 1.54) is 24.8 Å². The zero-order valence-corrected chi connectivity index (χ0v) is 16.1. The van der Waals surface area contributed by atoms with E-state index in [1.807, 2.05) is 6.07 Å². The van der Waals surface area contributed by atoms with Gasteiger partial charge in [-0.3, -0.25) is 0 Å². The first-order valence-electron chi connectivity index (χ1n) is 8.58. The summed E-state index contributed by atoms with van der Waals surface area (Å²) in [6, 6.07) is 6.21. The maximum Gasteiger partial charge on any atom is 0.328 e. The molecule has 0 amide bonds. The molecule has 1 aliphatic heterocycles. The molecule has 1 aliphatic carbocycles. The van der Waals surface area contributed by atoms with Crippen molar-refractivity contribution in [3.8, 4) is 0 Å². The maximum atomic E-state index is 9.55. The Kier molecular flexibility index (Phi) is 7.09. The Morgan fingerprint density at radius 2 is 1.88 bits per heavy atom. The summed E-state index contributed by atoms with van der Waals surface area (Å²) >= 11 is 12.2. The molecule has 0 aromatic heterocycles. The minimum absolute atomic E-state index is 0.301. The van der Waals surface area contributed by atoms with Gasteiger partial charge in [-0.1, -0.05) is 42.6 Å². The number of hydrogen-bond donors (Lipinski definition) is 3. The van der Waals surface area contributed by atoms with Crippen molar-refractivity contribution in [2.24, 2.45) is 11.8 Å². The molecule has 26 heavy (non-hydrogen) atoms. The molecule has 5 nitrogen and oxygen atoms in total. The van der Waals surface area contributed by atoms with Gasteiger partial charge in [-0.05, 0) is 48.9 Å². The topological polar surface area (TPSA) is 86.6 Å². The van der Waals surface area contributed by atoms with Gasteiger partial charge >= 0.3 is 11.9 Å². The fraction of sp³-hybridized carbons (Fsp3) is 0.474. The molecule has 0 radical (unpaired) electrons. The molecule has 0 spiro atoms. The Morgan fingerprint density at radius 3 is 2.42 bits per heavy atom. The molecule has 2 aliphatic rings. The van der Waals surface area contributed by atoms with E-state index in [2.05, 4.69) is 24.4 Å². The summed E-state index contributed by atoms with van der Waals surface area (Å²) in [4.78, 5) is 19.1. The third-order valence-electron chi connectivity index (χ3n) is 5.32. The molecule has 7 heteroatoms. The van der Waals surface area contributed by atoms with Crippen molar-refractivity contribution in [3.63, 3.8) is 0 Å². The van der Waals surface area contributed by atoms with Crippen LogP contribution in [0.4, 0.5) is 0 Å². The van der Waals surface area contributed by atoms with E-state index >= 15 is 0 Å². The molecule has 1 aromatic rings. The first-order chi connectivity index (χ1) is 12.3. The minimum Gasteiger partial charge on any atom is -0.478 e. The Balaban J connectivity index is 0.000000260. The van der Waals surface area contributed by atoms with Gasteiger partial charge in [0.15, 0.2) is 0 Å². The van der Waals surface area contributed by atoms with Crippen molar-refractivity contribution in [2.45, 2.75) is 31.6 Å². The largest absolute Gasteiger partial charge is 0.478 e. The van der Waals surface area contributed by atoms with Crippen molar-refractivity contribution >= 4 is 35.1 Å². The van der Waals surface area contributed by atoms with Gasteiger partial charge in [-0.2, -0.15) is 0 Å². The van der Waals surface area contributed by atoms with Crippen LogP contribution in [-0.4, -0.2) is 35.2 Å². The van der Waals surface area contributed by atoms with Gasteiger partial charge in [0.25, 0.3) is 0 Å². The van der Waals surface area contributed by atoms with Crippen molar-refractivity contribution in [1.82, 2.24) is 5.32 Å². The number of nitrogens with one attached hydrogen (secondary N) is 1. The quantitative estimate of drug-likeness (QED) is 0.666. The first kappa shape index (κ1) is 20.7. The summed E-state index contributed by atoms with van der Waals surface area (Å²) in [6.07, 6.45) is 5.05. The molecule has 1 unspecified atom stereocenters. The van der Waals surface area contributed by atoms with E-state index in [0.29, 0.717) is 27.6 Å². The number of hydrogen-bond acceptors (Lipinski definition) is 3. The molecule has 1 aromatic carbocycles. The smallest absolute Gasteiger partial charge is 0.328 e. The number of rotatable bonds is 4. The monoisotopic (exact) mass is 399 g/mol. The normalized spacial score (nSPS) is 27.0. The Hall–Kier alpha value is -1.56. The third kappa shape index (κ3) is 4.78. The number of halogens is 2. The number of carboxylic acid groups (broad SMARTS) is 2. The van der Waals surface area contributed by atoms with Gasteiger partial charge in [0.2, 0.25) is 0 Å². The van der Waals surface area contributed by atoms with Gasteiger partial charge in [0, 0.05) is 24.1 Å². The molecule has 1 saturated carbocycles. The van der Waals surface area contributed by atoms with E-state index in [9.17, 15) is 9.59 Å². The van der Waals surface area contributed by atoms with Crippen LogP contribution in [0.25, 0.3) is 0 Å². The van der Waals surface area contributed by atoms with Crippen molar-refractivity contribution in [3.05, 3.63) is 46.0 Å². The molecule has 1 heterocycles. The van der Waals surface area contributed by atoms with Crippen LogP contribution < -0.4 is 5.32 Å². The summed E-state index contributed by atoms with van der Waals surface area (Å²) in [6.45, 7) is 4.55. The van der Waals surface area contributed by atoms with Crippen LogP contribution in [0.1, 0.15) is 31.7 Å². The van der Waals surface area contributed by atoms with E-state index < -0.39 is 11.9 Å². The zero-order chi connectivity index (χ0) is 19.3. The average molecular weight is 400 g/mol. The van der Waals surface area contributed by atoms with Gasteiger partial charge in [0.05, 0.1) is 10.0 Å². The second-order valence-corrected chi connectivity index (χ2v) is 7.65. The van der Waals surface area contributed by atoms with Crippen LogP contribution in [0, 0.1) is 11.8 Å². The lowest BCUT2D eigenvalue weighted by molar-refractivity contribution is -0.134. The van der Waals surface area contributed by atoms with E-state index in [-0.39, 0.29) is 0 Å². The van der Waals surface area contributed by atoms with Gasteiger partial charge in [-0.15, -0.1) is 0 Å². The SMILES string of the molecule is CCC1C[C@@H]2CNC[C@]2(c2ccc(Cl)c(Cl)c2)C1.O=C(O)/C=C/C(=O)O. The molecule has 0 bridgehead atoms. The second-order valence-electron chi connectivity index (χ2n) is 6.84. The second kappa shape index (κ2) is 8.89. The van der Waals surface area contributed by atoms with Crippen molar-refractivity contribution < 1.29 is 19.8 Å². The molecule has 3 rings (SSSR count). The first-order valence-corrected chi connectivity index (χ1v) is 9.34. The standard InChI is InChI=1S/C15H19Cl2N.C4H4O4/c1-2-10-5-12-8-18-9-15(12,7-10)11-3-4-13(16)14(17)6-11;5-3(6)1-2-4(7)8/h3-4,6,10,12,18H,2,5,7-9H2,1H3;1-2H,(H,5,6)(H,7,8)/b;2-1+/t10?,12-,15+;/m1./s1. The van der Waals surface area contributed by atoms with Crippen molar-refractivity contribution in [2.75, 3.05) is 13.1 Å². The minimum atomic E-state index is -1.26. The highest BCUT2D eigenvalue weighted by Crippen LogP contribution is 2.51. The maximum absolute atomic E-state index is 9.55. The number of carboxylic acids is 2. The highest BCUT2D eigenvalue weighted by molar-refractivity contribution is 6.42. The summed E-state index contributed by atoms with van der Waals surface area (Å²) in [5.41, 5.74) is 1.68. The predicted octanol–water partition coefficient (Wildman–Crippen LogP) is 3.98. The van der Waals surface area contributed by atoms with Crippen LogP contribution in [0.3, 0.4) is 0 Å². The Labute approximate surface area is 163 Å². The summed E-state index contributed by atoms with van der Waals surface area (Å²) in [7, 11) is 0. The number of aliphatic carboxylic acids is 2. The van der Waals surface area contributed by atoms with E-state index in [4.69, 9.17) is 33.4 Å². The predicted molar refractivity (Wildman–Crippen MR) is 102 cm³/mol. The van der Waals surface area contributed by atoms with Gasteiger partial charge < -0.3 is 15.5 Å². The van der Waals surface area contributed by atoms with Crippen LogP contribution in [0.15, 0.2) is 30.4 Å². The highest BCUT2D eigenvalue weighted by atomic mass is 35.5. The van der Waals surface area contributed by atoms with Crippen LogP contribution in [0.2, 0.25) is 10.0 Å². The molecular formula is C19H23Cl2NO4. The van der Waals surface area contributed by atoms with E-state index in [1.54, 1.807) is 0 Å². The molecule has 3 atom stereocenters. The fourth-order valence-corrected chi connectivity index (χ4v) is 4.37. The van der Waals surface area contributed by atoms with Crippen LogP contribution >= 0.6 is 23.2 Å². The third-order valence-corrected chi connectivity index (χ3v) is 6.06. The lowest BCUT2D eigenvalue weighted by Gasteiger charge is -2.29. The Bertz CT molecular complexity index is 691. The molecule has 142 valence electrons. The molecule has 1 saturated heterocycles. The lowest BCUT2D eigenvalue weighted by Crippen LogP contribution is -2.31. The van der Waals surface area contributed by atoms with Crippen LogP contribution in [0.5, 0.6) is 0 Å². The number of benzene rings is 1. The number of carbonyl (C=O) groups is 2. The van der Waals surface area contributed by atoms with Crippen LogP contribution in [-0.2, 0) is 15.0 Å². The zero-order valence-electron chi connectivity index (χ0n) is 14.5. The van der Waals surface area contributed by atoms with E-state index in [0.717, 1.165) is 24.9 Å². The number of fused-ring (bicyclic) bond motifs is 1. The summed E-state index contributed by atoms with van der Waals surface area (Å²) < 4.78 is 0.